The van der Waals surface area contributed by atoms with E-state index in [0.717, 1.165) is 10.6 Å². The van der Waals surface area contributed by atoms with Crippen molar-refractivity contribution in [1.82, 2.24) is 4.90 Å². The van der Waals surface area contributed by atoms with E-state index in [0.29, 0.717) is 26.3 Å². The minimum absolute atomic E-state index is 0.0181. The molecule has 0 atom stereocenters. The topological polar surface area (TPSA) is 93.2 Å². The van der Waals surface area contributed by atoms with Gasteiger partial charge in [-0.25, -0.2) is 13.2 Å². The highest BCUT2D eigenvalue weighted by atomic mass is 32.2. The zero-order valence-corrected chi connectivity index (χ0v) is 15.8. The van der Waals surface area contributed by atoms with Gasteiger partial charge < -0.3 is 14.4 Å². The van der Waals surface area contributed by atoms with Crippen molar-refractivity contribution in [3.8, 4) is 0 Å². The van der Waals surface area contributed by atoms with Gasteiger partial charge >= 0.3 is 5.97 Å². The van der Waals surface area contributed by atoms with Crippen LogP contribution < -0.4 is 4.31 Å². The minimum atomic E-state index is -3.69. The van der Waals surface area contributed by atoms with Crippen molar-refractivity contribution in [2.75, 3.05) is 50.0 Å². The van der Waals surface area contributed by atoms with Gasteiger partial charge in [0.1, 0.15) is 0 Å². The standard InChI is InChI=1S/C17H24N2O6S/c1-3-25-17(21)14-6-4-5-7-15(14)19(26(2,22)23)9-8-16(20)18-10-12-24-13-11-18/h4-7H,3,8-13H2,1-2H3. The second-order valence-electron chi connectivity index (χ2n) is 5.82. The van der Waals surface area contributed by atoms with Gasteiger partial charge in [-0.2, -0.15) is 0 Å². The number of nitrogens with zero attached hydrogens (tertiary/aromatic N) is 2. The first-order valence-corrected chi connectivity index (χ1v) is 10.3. The Hall–Kier alpha value is -2.13. The number of rotatable bonds is 7. The molecule has 8 nitrogen and oxygen atoms in total. The SMILES string of the molecule is CCOC(=O)c1ccccc1N(CCC(=O)N1CCOCC1)S(C)(=O)=O. The van der Waals surface area contributed by atoms with Crippen molar-refractivity contribution < 1.29 is 27.5 Å². The lowest BCUT2D eigenvalue weighted by Gasteiger charge is -2.29. The van der Waals surface area contributed by atoms with Gasteiger partial charge in [-0.15, -0.1) is 0 Å². The average Bonchev–Trinajstić information content (AvgIpc) is 2.62. The van der Waals surface area contributed by atoms with Crippen molar-refractivity contribution in [2.45, 2.75) is 13.3 Å². The van der Waals surface area contributed by atoms with Crippen LogP contribution in [0, 0.1) is 0 Å². The van der Waals surface area contributed by atoms with Crippen LogP contribution in [-0.4, -0.2) is 70.9 Å². The fraction of sp³-hybridized carbons (Fsp3) is 0.529. The Labute approximate surface area is 153 Å². The van der Waals surface area contributed by atoms with Gasteiger partial charge in [0.05, 0.1) is 37.3 Å². The summed E-state index contributed by atoms with van der Waals surface area (Å²) in [6.07, 6.45) is 1.07. The van der Waals surface area contributed by atoms with Crippen LogP contribution in [0.2, 0.25) is 0 Å². The smallest absolute Gasteiger partial charge is 0.340 e. The maximum atomic E-state index is 12.3. The number of para-hydroxylation sites is 1. The molecule has 0 saturated carbocycles. The summed E-state index contributed by atoms with van der Waals surface area (Å²) in [5, 5.41) is 0. The molecule has 0 N–H and O–H groups in total. The minimum Gasteiger partial charge on any atom is -0.462 e. The van der Waals surface area contributed by atoms with Crippen LogP contribution in [0.25, 0.3) is 0 Å². The predicted molar refractivity (Wildman–Crippen MR) is 96.6 cm³/mol. The number of benzene rings is 1. The van der Waals surface area contributed by atoms with E-state index in [2.05, 4.69) is 0 Å². The fourth-order valence-corrected chi connectivity index (χ4v) is 3.64. The molecule has 9 heteroatoms. The zero-order valence-electron chi connectivity index (χ0n) is 15.0. The number of amides is 1. The van der Waals surface area contributed by atoms with E-state index in [1.165, 1.54) is 12.1 Å². The molecule has 0 bridgehead atoms. The highest BCUT2D eigenvalue weighted by Crippen LogP contribution is 2.24. The highest BCUT2D eigenvalue weighted by Gasteiger charge is 2.25. The number of carbonyl (C=O) groups is 2. The number of carbonyl (C=O) groups excluding carboxylic acids is 2. The Balaban J connectivity index is 2.21. The summed E-state index contributed by atoms with van der Waals surface area (Å²) in [5.74, 6) is -0.744. The third-order valence-corrected chi connectivity index (χ3v) is 5.14. The van der Waals surface area contributed by atoms with Crippen LogP contribution in [0.4, 0.5) is 5.69 Å². The fourth-order valence-electron chi connectivity index (χ4n) is 2.71. The van der Waals surface area contributed by atoms with E-state index in [4.69, 9.17) is 9.47 Å². The molecule has 1 aromatic carbocycles. The highest BCUT2D eigenvalue weighted by molar-refractivity contribution is 7.92. The molecule has 0 spiro atoms. The first-order chi connectivity index (χ1) is 12.3. The molecule has 2 rings (SSSR count). The van der Waals surface area contributed by atoms with E-state index in [1.54, 1.807) is 24.0 Å². The van der Waals surface area contributed by atoms with E-state index in [9.17, 15) is 18.0 Å². The molecule has 0 aliphatic carbocycles. The summed E-state index contributed by atoms with van der Waals surface area (Å²) in [7, 11) is -3.69. The number of anilines is 1. The van der Waals surface area contributed by atoms with Crippen molar-refractivity contribution in [2.24, 2.45) is 0 Å². The van der Waals surface area contributed by atoms with Gasteiger partial charge in [0.2, 0.25) is 15.9 Å². The van der Waals surface area contributed by atoms with Gasteiger partial charge in [-0.05, 0) is 19.1 Å². The average molecular weight is 384 g/mol. The van der Waals surface area contributed by atoms with Crippen LogP contribution in [-0.2, 0) is 24.3 Å². The molecule has 0 unspecified atom stereocenters. The van der Waals surface area contributed by atoms with Crippen LogP contribution in [0.3, 0.4) is 0 Å². The van der Waals surface area contributed by atoms with E-state index < -0.39 is 16.0 Å². The summed E-state index contributed by atoms with van der Waals surface area (Å²) < 4.78 is 35.9. The molecule has 0 radical (unpaired) electrons. The van der Waals surface area contributed by atoms with Gasteiger partial charge in [0.25, 0.3) is 0 Å². The van der Waals surface area contributed by atoms with Gasteiger partial charge in [0.15, 0.2) is 0 Å². The van der Waals surface area contributed by atoms with Gasteiger partial charge in [-0.3, -0.25) is 9.10 Å². The van der Waals surface area contributed by atoms with Crippen LogP contribution in [0.5, 0.6) is 0 Å². The molecule has 26 heavy (non-hydrogen) atoms. The van der Waals surface area contributed by atoms with Crippen LogP contribution >= 0.6 is 0 Å². The third-order valence-electron chi connectivity index (χ3n) is 3.96. The van der Waals surface area contributed by atoms with E-state index in [1.807, 2.05) is 0 Å². The Morgan fingerprint density at radius 1 is 1.23 bits per heavy atom. The largest absolute Gasteiger partial charge is 0.462 e. The zero-order chi connectivity index (χ0) is 19.2. The summed E-state index contributed by atoms with van der Waals surface area (Å²) in [4.78, 5) is 26.1. The van der Waals surface area contributed by atoms with Crippen molar-refractivity contribution in [3.05, 3.63) is 29.8 Å². The second kappa shape index (κ2) is 9.00. The Morgan fingerprint density at radius 2 is 1.88 bits per heavy atom. The Morgan fingerprint density at radius 3 is 2.50 bits per heavy atom. The number of hydrogen-bond donors (Lipinski definition) is 0. The molecule has 0 aromatic heterocycles. The Bertz CT molecular complexity index is 743. The molecule has 1 aliphatic rings. The van der Waals surface area contributed by atoms with Crippen molar-refractivity contribution in [3.63, 3.8) is 0 Å². The number of morpholine rings is 1. The van der Waals surface area contributed by atoms with Gasteiger partial charge in [-0.1, -0.05) is 12.1 Å². The molecule has 1 fully saturated rings. The second-order valence-corrected chi connectivity index (χ2v) is 7.72. The summed E-state index contributed by atoms with van der Waals surface area (Å²) in [6.45, 7) is 3.76. The van der Waals surface area contributed by atoms with Crippen LogP contribution in [0.1, 0.15) is 23.7 Å². The molecule has 1 heterocycles. The van der Waals surface area contributed by atoms with E-state index in [-0.39, 0.29) is 36.7 Å². The molecular weight excluding hydrogens is 360 g/mol. The lowest BCUT2D eigenvalue weighted by molar-refractivity contribution is -0.135. The molecule has 1 aliphatic heterocycles. The number of hydrogen-bond acceptors (Lipinski definition) is 6. The first-order valence-electron chi connectivity index (χ1n) is 8.44. The number of sulfonamides is 1. The van der Waals surface area contributed by atoms with E-state index >= 15 is 0 Å². The van der Waals surface area contributed by atoms with Gasteiger partial charge in [0, 0.05) is 26.1 Å². The normalized spacial score (nSPS) is 14.8. The molecule has 144 valence electrons. The molecule has 1 aromatic rings. The molecular formula is C17H24N2O6S. The summed E-state index contributed by atoms with van der Waals surface area (Å²) in [6, 6.07) is 6.32. The first kappa shape index (κ1) is 20.2. The number of esters is 1. The monoisotopic (exact) mass is 384 g/mol. The lowest BCUT2D eigenvalue weighted by atomic mass is 10.1. The van der Waals surface area contributed by atoms with Crippen LogP contribution in [0.15, 0.2) is 24.3 Å². The molecule has 1 amide bonds. The van der Waals surface area contributed by atoms with Crippen molar-refractivity contribution in [1.29, 1.82) is 0 Å². The lowest BCUT2D eigenvalue weighted by Crippen LogP contribution is -2.42. The summed E-state index contributed by atoms with van der Waals surface area (Å²) >= 11 is 0. The Kier molecular flexibility index (Phi) is 6.98. The third kappa shape index (κ3) is 5.18. The quantitative estimate of drug-likeness (QED) is 0.648. The maximum absolute atomic E-state index is 12.3. The molecule has 1 saturated heterocycles. The maximum Gasteiger partial charge on any atom is 0.340 e. The predicted octanol–water partition coefficient (Wildman–Crippen LogP) is 0.878. The summed E-state index contributed by atoms with van der Waals surface area (Å²) in [5.41, 5.74) is 0.363. The number of ether oxygens (including phenoxy) is 2. The van der Waals surface area contributed by atoms with Crippen molar-refractivity contribution >= 4 is 27.6 Å².